The zero-order chi connectivity index (χ0) is 18.9. The molecule has 0 saturated carbocycles. The minimum Gasteiger partial charge on any atom is -0.489 e. The maximum atomic E-state index is 12.9. The maximum Gasteiger partial charge on any atom is 0.191 e. The average molecular weight is 362 g/mol. The third kappa shape index (κ3) is 7.04. The van der Waals surface area contributed by atoms with Crippen molar-refractivity contribution in [2.45, 2.75) is 38.8 Å². The van der Waals surface area contributed by atoms with Crippen molar-refractivity contribution in [2.75, 3.05) is 33.2 Å². The smallest absolute Gasteiger partial charge is 0.191 e. The molecule has 26 heavy (non-hydrogen) atoms. The number of nitrogens with zero attached hydrogens (tertiary/aromatic N) is 2. The van der Waals surface area contributed by atoms with Crippen molar-refractivity contribution in [2.24, 2.45) is 4.99 Å². The van der Waals surface area contributed by atoms with Crippen molar-refractivity contribution < 1.29 is 9.13 Å². The molecule has 0 amide bonds. The summed E-state index contributed by atoms with van der Waals surface area (Å²) in [6.07, 6.45) is 2.13. The second-order valence-corrected chi connectivity index (χ2v) is 6.99. The summed E-state index contributed by atoms with van der Waals surface area (Å²) in [5.41, 5.74) is 1.21. The van der Waals surface area contributed by atoms with Gasteiger partial charge in [-0.1, -0.05) is 12.2 Å². The highest BCUT2D eigenvalue weighted by Gasteiger charge is 2.20. The number of likely N-dealkylation sites (tertiary alicyclic amines) is 1. The van der Waals surface area contributed by atoms with E-state index in [1.165, 1.54) is 17.7 Å². The summed E-state index contributed by atoms with van der Waals surface area (Å²) < 4.78 is 18.7. The number of piperidine rings is 1. The summed E-state index contributed by atoms with van der Waals surface area (Å²) in [5, 5.41) is 6.79. The van der Waals surface area contributed by atoms with E-state index >= 15 is 0 Å². The molecule has 144 valence electrons. The highest BCUT2D eigenvalue weighted by molar-refractivity contribution is 5.80. The number of hydrogen-bond acceptors (Lipinski definition) is 3. The summed E-state index contributed by atoms with van der Waals surface area (Å²) in [5.74, 6) is 1.19. The Bertz CT molecular complexity index is 594. The Hall–Kier alpha value is -2.08. The first-order valence-electron chi connectivity index (χ1n) is 9.22. The number of guanidine groups is 1. The van der Waals surface area contributed by atoms with Crippen molar-refractivity contribution in [1.29, 1.82) is 0 Å². The molecule has 1 atom stereocenters. The fraction of sp³-hybridized carbons (Fsp3) is 0.550. The maximum absolute atomic E-state index is 12.9. The lowest BCUT2D eigenvalue weighted by Crippen LogP contribution is -2.50. The first-order chi connectivity index (χ1) is 12.5. The molecule has 0 aliphatic carbocycles. The topological polar surface area (TPSA) is 48.9 Å². The second-order valence-electron chi connectivity index (χ2n) is 6.99. The molecule has 1 heterocycles. The van der Waals surface area contributed by atoms with Crippen LogP contribution in [-0.2, 0) is 0 Å². The van der Waals surface area contributed by atoms with Gasteiger partial charge in [0.2, 0.25) is 0 Å². The van der Waals surface area contributed by atoms with Crippen LogP contribution in [-0.4, -0.2) is 56.2 Å². The van der Waals surface area contributed by atoms with Gasteiger partial charge in [-0.15, -0.1) is 0 Å². The van der Waals surface area contributed by atoms with Gasteiger partial charge >= 0.3 is 0 Å². The summed E-state index contributed by atoms with van der Waals surface area (Å²) in [4.78, 5) is 6.74. The fourth-order valence-electron chi connectivity index (χ4n) is 3.03. The van der Waals surface area contributed by atoms with Gasteiger partial charge in [0.15, 0.2) is 5.96 Å². The molecule has 1 fully saturated rings. The molecule has 1 aliphatic heterocycles. The number of hydrogen-bond donors (Lipinski definition) is 2. The van der Waals surface area contributed by atoms with Crippen LogP contribution in [0.25, 0.3) is 0 Å². The third-order valence-corrected chi connectivity index (χ3v) is 4.35. The van der Waals surface area contributed by atoms with Crippen molar-refractivity contribution >= 4 is 5.96 Å². The average Bonchev–Trinajstić information content (AvgIpc) is 2.61. The van der Waals surface area contributed by atoms with Crippen molar-refractivity contribution in [1.82, 2.24) is 15.5 Å². The fourth-order valence-corrected chi connectivity index (χ4v) is 3.03. The van der Waals surface area contributed by atoms with Crippen LogP contribution in [0.3, 0.4) is 0 Å². The van der Waals surface area contributed by atoms with Gasteiger partial charge in [0, 0.05) is 32.7 Å². The molecule has 2 N–H and O–H groups in total. The van der Waals surface area contributed by atoms with Crippen LogP contribution in [0, 0.1) is 5.82 Å². The van der Waals surface area contributed by atoms with Crippen LogP contribution >= 0.6 is 0 Å². The molecular formula is C20H31FN4O. The lowest BCUT2D eigenvalue weighted by molar-refractivity contribution is 0.216. The first kappa shape index (κ1) is 20.2. The zero-order valence-electron chi connectivity index (χ0n) is 16.1. The molecule has 0 aromatic heterocycles. The summed E-state index contributed by atoms with van der Waals surface area (Å²) in [7, 11) is 1.77. The van der Waals surface area contributed by atoms with E-state index in [9.17, 15) is 4.39 Å². The number of aliphatic imine (C=N–C) groups is 1. The molecule has 2 rings (SSSR count). The second kappa shape index (κ2) is 10.2. The number of rotatable bonds is 7. The molecule has 1 saturated heterocycles. The van der Waals surface area contributed by atoms with Crippen molar-refractivity contribution in [3.05, 3.63) is 42.2 Å². The van der Waals surface area contributed by atoms with Crippen LogP contribution in [0.5, 0.6) is 5.75 Å². The summed E-state index contributed by atoms with van der Waals surface area (Å²) >= 11 is 0. The minimum absolute atomic E-state index is 0.0589. The van der Waals surface area contributed by atoms with E-state index in [1.54, 1.807) is 19.2 Å². The molecule has 1 aromatic carbocycles. The van der Waals surface area contributed by atoms with E-state index in [-0.39, 0.29) is 11.9 Å². The van der Waals surface area contributed by atoms with Crippen molar-refractivity contribution in [3.63, 3.8) is 0 Å². The normalized spacial score (nSPS) is 17.6. The van der Waals surface area contributed by atoms with E-state index in [2.05, 4.69) is 34.0 Å². The van der Waals surface area contributed by atoms with E-state index in [0.717, 1.165) is 38.4 Å². The van der Waals surface area contributed by atoms with Gasteiger partial charge in [-0.2, -0.15) is 0 Å². The minimum atomic E-state index is -0.262. The molecule has 1 aromatic rings. The SMILES string of the molecule is C=C(C)CN1CCC(NC(=NC)NCC(C)Oc2ccc(F)cc2)CC1. The van der Waals surface area contributed by atoms with Gasteiger partial charge in [0.05, 0.1) is 6.54 Å². The lowest BCUT2D eigenvalue weighted by Gasteiger charge is -2.33. The van der Waals surface area contributed by atoms with Crippen molar-refractivity contribution in [3.8, 4) is 5.75 Å². The Balaban J connectivity index is 1.70. The predicted octanol–water partition coefficient (Wildman–Crippen LogP) is 2.80. The Morgan fingerprint density at radius 3 is 2.58 bits per heavy atom. The Morgan fingerprint density at radius 1 is 1.35 bits per heavy atom. The predicted molar refractivity (Wildman–Crippen MR) is 105 cm³/mol. The van der Waals surface area contributed by atoms with Gasteiger partial charge in [-0.25, -0.2) is 4.39 Å². The quantitative estimate of drug-likeness (QED) is 0.445. The lowest BCUT2D eigenvalue weighted by atomic mass is 10.0. The van der Waals surface area contributed by atoms with Gasteiger partial charge in [0.1, 0.15) is 17.7 Å². The standard InChI is InChI=1S/C20H31FN4O/c1-15(2)14-25-11-9-18(10-12-25)24-20(22-4)23-13-16(3)26-19-7-5-17(21)6-8-19/h5-8,16,18H,1,9-14H2,2-4H3,(H2,22,23,24). The number of ether oxygens (including phenoxy) is 1. The molecule has 6 heteroatoms. The van der Waals surface area contributed by atoms with E-state index in [1.807, 2.05) is 6.92 Å². The number of halogens is 1. The van der Waals surface area contributed by atoms with Crippen LogP contribution in [0.2, 0.25) is 0 Å². The zero-order valence-corrected chi connectivity index (χ0v) is 16.1. The molecule has 1 unspecified atom stereocenters. The Kier molecular flexibility index (Phi) is 7.91. The number of nitrogens with one attached hydrogen (secondary N) is 2. The van der Waals surface area contributed by atoms with E-state index in [0.29, 0.717) is 18.3 Å². The van der Waals surface area contributed by atoms with Crippen LogP contribution in [0.15, 0.2) is 41.4 Å². The molecule has 0 bridgehead atoms. The van der Waals surface area contributed by atoms with E-state index < -0.39 is 0 Å². The molecule has 5 nitrogen and oxygen atoms in total. The molecule has 0 radical (unpaired) electrons. The monoisotopic (exact) mass is 362 g/mol. The molecular weight excluding hydrogens is 331 g/mol. The summed E-state index contributed by atoms with van der Waals surface area (Å²) in [6.45, 7) is 11.8. The largest absolute Gasteiger partial charge is 0.489 e. The van der Waals surface area contributed by atoms with E-state index in [4.69, 9.17) is 4.74 Å². The highest BCUT2D eigenvalue weighted by Crippen LogP contribution is 2.13. The molecule has 1 aliphatic rings. The van der Waals surface area contributed by atoms with Crippen LogP contribution < -0.4 is 15.4 Å². The van der Waals surface area contributed by atoms with Crippen LogP contribution in [0.4, 0.5) is 4.39 Å². The van der Waals surface area contributed by atoms with Gasteiger partial charge in [-0.05, 0) is 51.0 Å². The Morgan fingerprint density at radius 2 is 2.00 bits per heavy atom. The molecule has 0 spiro atoms. The Labute approximate surface area is 156 Å². The van der Waals surface area contributed by atoms with Gasteiger partial charge < -0.3 is 15.4 Å². The van der Waals surface area contributed by atoms with Gasteiger partial charge in [0.25, 0.3) is 0 Å². The van der Waals surface area contributed by atoms with Crippen LogP contribution in [0.1, 0.15) is 26.7 Å². The number of benzene rings is 1. The first-order valence-corrected chi connectivity index (χ1v) is 9.22. The van der Waals surface area contributed by atoms with Gasteiger partial charge in [-0.3, -0.25) is 9.89 Å². The summed E-state index contributed by atoms with van der Waals surface area (Å²) in [6, 6.07) is 6.50. The highest BCUT2D eigenvalue weighted by atomic mass is 19.1. The third-order valence-electron chi connectivity index (χ3n) is 4.35.